The van der Waals surface area contributed by atoms with Crippen LogP contribution in [0.3, 0.4) is 0 Å². The summed E-state index contributed by atoms with van der Waals surface area (Å²) in [6.07, 6.45) is 1.37. The average molecular weight is 352 g/mol. The first-order chi connectivity index (χ1) is 9.97. The van der Waals surface area contributed by atoms with Gasteiger partial charge in [-0.25, -0.2) is 5.43 Å². The van der Waals surface area contributed by atoms with E-state index in [-0.39, 0.29) is 11.6 Å². The van der Waals surface area contributed by atoms with Gasteiger partial charge in [0.25, 0.3) is 5.69 Å². The van der Waals surface area contributed by atoms with Gasteiger partial charge in [0.05, 0.1) is 11.1 Å². The largest absolute Gasteiger partial charge is 0.455 e. The molecule has 0 aliphatic rings. The van der Waals surface area contributed by atoms with Gasteiger partial charge in [0.2, 0.25) is 5.91 Å². The number of nitrogens with one attached hydrogen (secondary N) is 1. The fourth-order valence-corrected chi connectivity index (χ4v) is 2.13. The maximum atomic E-state index is 10.7. The van der Waals surface area contributed by atoms with Crippen LogP contribution in [0.2, 0.25) is 0 Å². The van der Waals surface area contributed by atoms with Crippen molar-refractivity contribution in [1.29, 1.82) is 0 Å². The van der Waals surface area contributed by atoms with Gasteiger partial charge in [-0.2, -0.15) is 5.10 Å². The van der Waals surface area contributed by atoms with Crippen LogP contribution in [-0.2, 0) is 4.79 Å². The molecule has 21 heavy (non-hydrogen) atoms. The lowest BCUT2D eigenvalue weighted by Gasteiger charge is -2.00. The van der Waals surface area contributed by atoms with Crippen molar-refractivity contribution in [3.63, 3.8) is 0 Å². The normalized spacial score (nSPS) is 10.8. The minimum Gasteiger partial charge on any atom is -0.455 e. The van der Waals surface area contributed by atoms with Crippen molar-refractivity contribution >= 4 is 33.7 Å². The molecule has 0 unspecified atom stereocenters. The highest BCUT2D eigenvalue weighted by atomic mass is 79.9. The van der Waals surface area contributed by atoms with E-state index < -0.39 is 4.92 Å². The molecular weight excluding hydrogens is 342 g/mol. The second-order valence-corrected chi connectivity index (χ2v) is 4.90. The number of carbonyl (C=O) groups excluding carboxylic acids is 1. The molecule has 2 aromatic rings. The number of furan rings is 1. The molecule has 1 N–H and O–H groups in total. The molecule has 0 spiro atoms. The first-order valence-electron chi connectivity index (χ1n) is 5.81. The highest BCUT2D eigenvalue weighted by Crippen LogP contribution is 2.32. The lowest BCUT2D eigenvalue weighted by molar-refractivity contribution is -0.384. The smallest absolute Gasteiger partial charge is 0.270 e. The fraction of sp³-hybridized carbons (Fsp3) is 0.0769. The number of non-ortho nitro benzene ring substituents is 1. The number of halogens is 1. The summed E-state index contributed by atoms with van der Waals surface area (Å²) in [6, 6.07) is 7.78. The summed E-state index contributed by atoms with van der Waals surface area (Å²) in [7, 11) is 0. The van der Waals surface area contributed by atoms with Crippen LogP contribution in [0.1, 0.15) is 12.7 Å². The molecule has 8 heteroatoms. The second-order valence-electron chi connectivity index (χ2n) is 4.05. The van der Waals surface area contributed by atoms with Crippen molar-refractivity contribution in [2.45, 2.75) is 6.92 Å². The second kappa shape index (κ2) is 6.31. The number of nitro benzene ring substituents is 1. The minimum absolute atomic E-state index is 0.00961. The third-order valence-electron chi connectivity index (χ3n) is 2.47. The number of hydrazone groups is 1. The van der Waals surface area contributed by atoms with Gasteiger partial charge in [-0.1, -0.05) is 0 Å². The van der Waals surface area contributed by atoms with E-state index in [2.05, 4.69) is 26.5 Å². The van der Waals surface area contributed by atoms with Gasteiger partial charge < -0.3 is 4.42 Å². The Morgan fingerprint density at radius 2 is 2.19 bits per heavy atom. The molecule has 0 saturated carbocycles. The van der Waals surface area contributed by atoms with Crippen LogP contribution in [0, 0.1) is 10.1 Å². The van der Waals surface area contributed by atoms with Gasteiger partial charge in [-0.3, -0.25) is 14.9 Å². The van der Waals surface area contributed by atoms with E-state index in [0.717, 1.165) is 0 Å². The van der Waals surface area contributed by atoms with Gasteiger partial charge in [0, 0.05) is 29.1 Å². The van der Waals surface area contributed by atoms with E-state index in [1.807, 2.05) is 0 Å². The molecule has 7 nitrogen and oxygen atoms in total. The van der Waals surface area contributed by atoms with Crippen molar-refractivity contribution < 1.29 is 14.1 Å². The molecule has 0 bridgehead atoms. The molecule has 2 rings (SSSR count). The molecule has 1 aromatic heterocycles. The SMILES string of the molecule is CC(=O)N/N=C/c1ccc(-c2ccc([N+](=O)[O-])cc2Br)o1. The van der Waals surface area contributed by atoms with Crippen LogP contribution in [-0.4, -0.2) is 17.0 Å². The lowest BCUT2D eigenvalue weighted by Crippen LogP contribution is -2.12. The molecule has 1 heterocycles. The number of nitro groups is 1. The Hall–Kier alpha value is -2.48. The maximum absolute atomic E-state index is 10.7. The summed E-state index contributed by atoms with van der Waals surface area (Å²) in [6.45, 7) is 1.35. The Balaban J connectivity index is 2.23. The van der Waals surface area contributed by atoms with Gasteiger partial charge >= 0.3 is 0 Å². The van der Waals surface area contributed by atoms with Crippen LogP contribution >= 0.6 is 15.9 Å². The molecule has 0 atom stereocenters. The van der Waals surface area contributed by atoms with Crippen molar-refractivity contribution in [3.05, 3.63) is 50.7 Å². The molecule has 1 amide bonds. The minimum atomic E-state index is -0.470. The van der Waals surface area contributed by atoms with Crippen LogP contribution in [0.4, 0.5) is 5.69 Å². The number of amides is 1. The number of hydrogen-bond donors (Lipinski definition) is 1. The first-order valence-corrected chi connectivity index (χ1v) is 6.60. The summed E-state index contributed by atoms with van der Waals surface area (Å²) in [4.78, 5) is 20.9. The Bertz CT molecular complexity index is 724. The zero-order valence-electron chi connectivity index (χ0n) is 10.9. The Morgan fingerprint density at radius 1 is 1.43 bits per heavy atom. The standard InChI is InChI=1S/C13H10BrN3O4/c1-8(18)16-15-7-10-3-5-13(21-10)11-4-2-9(17(19)20)6-12(11)14/h2-7H,1H3,(H,16,18)/b15-7+. The predicted octanol–water partition coefficient (Wildman–Crippen LogP) is 3.09. The molecule has 0 saturated heterocycles. The number of rotatable bonds is 4. The summed E-state index contributed by atoms with van der Waals surface area (Å²) in [5, 5.41) is 14.4. The van der Waals surface area contributed by atoms with E-state index in [1.54, 1.807) is 18.2 Å². The van der Waals surface area contributed by atoms with Crippen LogP contribution < -0.4 is 5.43 Å². The Morgan fingerprint density at radius 3 is 2.81 bits per heavy atom. The number of hydrogen-bond acceptors (Lipinski definition) is 5. The van der Waals surface area contributed by atoms with Crippen LogP contribution in [0.25, 0.3) is 11.3 Å². The third-order valence-corrected chi connectivity index (χ3v) is 3.13. The van der Waals surface area contributed by atoms with Crippen molar-refractivity contribution in [2.24, 2.45) is 5.10 Å². The first kappa shape index (κ1) is 14.9. The zero-order valence-corrected chi connectivity index (χ0v) is 12.5. The summed E-state index contributed by atoms with van der Waals surface area (Å²) in [5.74, 6) is 0.696. The lowest BCUT2D eigenvalue weighted by atomic mass is 10.1. The predicted molar refractivity (Wildman–Crippen MR) is 79.9 cm³/mol. The molecular formula is C13H10BrN3O4. The van der Waals surface area contributed by atoms with E-state index >= 15 is 0 Å². The average Bonchev–Trinajstić information content (AvgIpc) is 2.86. The highest BCUT2D eigenvalue weighted by molar-refractivity contribution is 9.10. The quantitative estimate of drug-likeness (QED) is 0.519. The fourth-order valence-electron chi connectivity index (χ4n) is 1.57. The number of nitrogens with zero attached hydrogens (tertiary/aromatic N) is 2. The zero-order chi connectivity index (χ0) is 15.4. The van der Waals surface area contributed by atoms with Crippen molar-refractivity contribution in [1.82, 2.24) is 5.43 Å². The van der Waals surface area contributed by atoms with E-state index in [4.69, 9.17) is 4.42 Å². The van der Waals surface area contributed by atoms with Gasteiger partial charge in [0.15, 0.2) is 0 Å². The topological polar surface area (TPSA) is 97.7 Å². The van der Waals surface area contributed by atoms with E-state index in [9.17, 15) is 14.9 Å². The van der Waals surface area contributed by atoms with Gasteiger partial charge in [-0.15, -0.1) is 0 Å². The highest BCUT2D eigenvalue weighted by Gasteiger charge is 2.12. The van der Waals surface area contributed by atoms with Gasteiger partial charge in [-0.05, 0) is 34.1 Å². The third kappa shape index (κ3) is 3.76. The summed E-state index contributed by atoms with van der Waals surface area (Å²) in [5.41, 5.74) is 2.93. The molecule has 108 valence electrons. The van der Waals surface area contributed by atoms with Crippen molar-refractivity contribution in [2.75, 3.05) is 0 Å². The molecule has 0 aliphatic carbocycles. The number of benzene rings is 1. The van der Waals surface area contributed by atoms with Crippen LogP contribution in [0.5, 0.6) is 0 Å². The summed E-state index contributed by atoms with van der Waals surface area (Å²) < 4.78 is 6.08. The molecule has 0 radical (unpaired) electrons. The van der Waals surface area contributed by atoms with E-state index in [0.29, 0.717) is 21.6 Å². The Labute approximate surface area is 127 Å². The molecule has 0 aliphatic heterocycles. The van der Waals surface area contributed by atoms with E-state index in [1.165, 1.54) is 25.3 Å². The van der Waals surface area contributed by atoms with Crippen molar-refractivity contribution in [3.8, 4) is 11.3 Å². The maximum Gasteiger partial charge on any atom is 0.270 e. The number of carbonyl (C=O) groups is 1. The molecule has 0 fully saturated rings. The summed E-state index contributed by atoms with van der Waals surface area (Å²) >= 11 is 3.28. The molecule has 1 aromatic carbocycles. The monoisotopic (exact) mass is 351 g/mol. The Kier molecular flexibility index (Phi) is 4.49. The van der Waals surface area contributed by atoms with Gasteiger partial charge in [0.1, 0.15) is 11.5 Å². The van der Waals surface area contributed by atoms with Crippen LogP contribution in [0.15, 0.2) is 44.3 Å².